The van der Waals surface area contributed by atoms with Crippen LogP contribution >= 0.6 is 0 Å². The van der Waals surface area contributed by atoms with Crippen LogP contribution in [0.3, 0.4) is 0 Å². The number of carbonyl (C=O) groups is 1. The van der Waals surface area contributed by atoms with Gasteiger partial charge in [-0.05, 0) is 24.0 Å². The molecule has 0 spiro atoms. The standard InChI is InChI=1S/C21H25N5O2/c1-4-14(9-21(27)28)15-6-7-18(16-10-24-26(3)13-16)19(8-15)25-17-11-22-20(5-2)23-12-17/h6-8,10-14,25H,4-5,9H2,1-3H3,(H,27,28). The van der Waals surface area contributed by atoms with Crippen LogP contribution in [0.5, 0.6) is 0 Å². The number of hydrogen-bond donors (Lipinski definition) is 2. The fraction of sp³-hybridized carbons (Fsp3) is 0.333. The first-order valence-electron chi connectivity index (χ1n) is 9.42. The summed E-state index contributed by atoms with van der Waals surface area (Å²) < 4.78 is 1.76. The van der Waals surface area contributed by atoms with Crippen LogP contribution in [0.15, 0.2) is 43.0 Å². The zero-order valence-corrected chi connectivity index (χ0v) is 16.4. The third-order valence-corrected chi connectivity index (χ3v) is 4.75. The zero-order chi connectivity index (χ0) is 20.1. The van der Waals surface area contributed by atoms with Crippen molar-refractivity contribution in [2.75, 3.05) is 5.32 Å². The second-order valence-corrected chi connectivity index (χ2v) is 6.78. The molecule has 2 heterocycles. The van der Waals surface area contributed by atoms with E-state index in [-0.39, 0.29) is 12.3 Å². The number of anilines is 2. The van der Waals surface area contributed by atoms with Crippen molar-refractivity contribution in [3.63, 3.8) is 0 Å². The highest BCUT2D eigenvalue weighted by atomic mass is 16.4. The first-order chi connectivity index (χ1) is 13.5. The molecule has 0 aliphatic carbocycles. The molecule has 28 heavy (non-hydrogen) atoms. The minimum absolute atomic E-state index is 0.0419. The van der Waals surface area contributed by atoms with Crippen molar-refractivity contribution < 1.29 is 9.90 Å². The third-order valence-electron chi connectivity index (χ3n) is 4.75. The van der Waals surface area contributed by atoms with Crippen molar-refractivity contribution >= 4 is 17.3 Å². The Morgan fingerprint density at radius 3 is 2.54 bits per heavy atom. The Morgan fingerprint density at radius 1 is 1.21 bits per heavy atom. The van der Waals surface area contributed by atoms with Crippen LogP contribution in [0.25, 0.3) is 11.1 Å². The number of aryl methyl sites for hydroxylation is 2. The van der Waals surface area contributed by atoms with E-state index in [4.69, 9.17) is 0 Å². The molecule has 2 N–H and O–H groups in total. The molecular formula is C21H25N5O2. The van der Waals surface area contributed by atoms with Crippen LogP contribution < -0.4 is 5.32 Å². The Labute approximate surface area is 164 Å². The minimum atomic E-state index is -0.791. The maximum absolute atomic E-state index is 11.2. The smallest absolute Gasteiger partial charge is 0.303 e. The van der Waals surface area contributed by atoms with E-state index < -0.39 is 5.97 Å². The number of nitrogens with zero attached hydrogens (tertiary/aromatic N) is 4. The van der Waals surface area contributed by atoms with Gasteiger partial charge in [0.15, 0.2) is 0 Å². The van der Waals surface area contributed by atoms with Crippen LogP contribution in [-0.4, -0.2) is 30.8 Å². The fourth-order valence-electron chi connectivity index (χ4n) is 3.20. The number of benzene rings is 1. The molecule has 0 radical (unpaired) electrons. The highest BCUT2D eigenvalue weighted by Crippen LogP contribution is 2.34. The normalized spacial score (nSPS) is 12.0. The molecule has 1 atom stereocenters. The average Bonchev–Trinajstić information content (AvgIpc) is 3.12. The SMILES string of the molecule is CCc1ncc(Nc2cc(C(CC)CC(=O)O)ccc2-c2cnn(C)c2)cn1. The van der Waals surface area contributed by atoms with Gasteiger partial charge in [-0.2, -0.15) is 5.10 Å². The van der Waals surface area contributed by atoms with Crippen LogP contribution in [0.4, 0.5) is 11.4 Å². The Hall–Kier alpha value is -3.22. The number of aromatic nitrogens is 4. The summed E-state index contributed by atoms with van der Waals surface area (Å²) in [5.74, 6) is -0.0414. The summed E-state index contributed by atoms with van der Waals surface area (Å²) >= 11 is 0. The molecular weight excluding hydrogens is 354 g/mol. The van der Waals surface area contributed by atoms with E-state index in [2.05, 4.69) is 20.4 Å². The molecule has 146 valence electrons. The van der Waals surface area contributed by atoms with Crippen LogP contribution in [0, 0.1) is 0 Å². The van der Waals surface area contributed by atoms with Gasteiger partial charge in [0.05, 0.1) is 30.7 Å². The molecule has 7 nitrogen and oxygen atoms in total. The Kier molecular flexibility index (Phi) is 6.03. The van der Waals surface area contributed by atoms with E-state index in [9.17, 15) is 9.90 Å². The monoisotopic (exact) mass is 379 g/mol. The number of hydrogen-bond acceptors (Lipinski definition) is 5. The molecule has 0 saturated heterocycles. The van der Waals surface area contributed by atoms with Crippen LogP contribution in [0.2, 0.25) is 0 Å². The van der Waals surface area contributed by atoms with Crippen molar-refractivity contribution in [3.05, 3.63) is 54.4 Å². The summed E-state index contributed by atoms with van der Waals surface area (Å²) in [6.45, 7) is 4.02. The number of aliphatic carboxylic acids is 1. The van der Waals surface area contributed by atoms with Gasteiger partial charge < -0.3 is 10.4 Å². The van der Waals surface area contributed by atoms with Gasteiger partial charge in [0.2, 0.25) is 0 Å². The summed E-state index contributed by atoms with van der Waals surface area (Å²) in [6.07, 6.45) is 8.93. The maximum Gasteiger partial charge on any atom is 0.303 e. The first kappa shape index (κ1) is 19.5. The fourth-order valence-corrected chi connectivity index (χ4v) is 3.20. The highest BCUT2D eigenvalue weighted by Gasteiger charge is 2.17. The van der Waals surface area contributed by atoms with E-state index in [1.54, 1.807) is 17.1 Å². The quantitative estimate of drug-likeness (QED) is 0.611. The lowest BCUT2D eigenvalue weighted by atomic mass is 9.91. The van der Waals surface area contributed by atoms with Crippen molar-refractivity contribution in [1.29, 1.82) is 0 Å². The van der Waals surface area contributed by atoms with Crippen molar-refractivity contribution in [3.8, 4) is 11.1 Å². The van der Waals surface area contributed by atoms with E-state index in [0.29, 0.717) is 0 Å². The second-order valence-electron chi connectivity index (χ2n) is 6.78. The number of carboxylic acids is 1. The minimum Gasteiger partial charge on any atom is -0.481 e. The molecule has 7 heteroatoms. The Bertz CT molecular complexity index is 950. The lowest BCUT2D eigenvalue weighted by Crippen LogP contribution is -2.06. The van der Waals surface area contributed by atoms with Crippen molar-refractivity contribution in [2.24, 2.45) is 7.05 Å². The molecule has 0 bridgehead atoms. The van der Waals surface area contributed by atoms with Crippen LogP contribution in [0.1, 0.15) is 44.0 Å². The number of rotatable bonds is 8. The van der Waals surface area contributed by atoms with Gasteiger partial charge in [-0.1, -0.05) is 26.0 Å². The maximum atomic E-state index is 11.2. The van der Waals surface area contributed by atoms with Crippen molar-refractivity contribution in [1.82, 2.24) is 19.7 Å². The summed E-state index contributed by atoms with van der Waals surface area (Å²) in [5, 5.41) is 16.9. The summed E-state index contributed by atoms with van der Waals surface area (Å²) in [5.41, 5.74) is 4.62. The predicted molar refractivity (Wildman–Crippen MR) is 109 cm³/mol. The summed E-state index contributed by atoms with van der Waals surface area (Å²) in [4.78, 5) is 19.9. The largest absolute Gasteiger partial charge is 0.481 e. The van der Waals surface area contributed by atoms with Gasteiger partial charge in [-0.15, -0.1) is 0 Å². The Balaban J connectivity index is 2.00. The lowest BCUT2D eigenvalue weighted by molar-refractivity contribution is -0.137. The Morgan fingerprint density at radius 2 is 1.96 bits per heavy atom. The molecule has 0 aliphatic heterocycles. The van der Waals surface area contributed by atoms with Gasteiger partial charge >= 0.3 is 5.97 Å². The van der Waals surface area contributed by atoms with E-state index in [1.165, 1.54) is 0 Å². The van der Waals surface area contributed by atoms with Crippen molar-refractivity contribution in [2.45, 2.75) is 39.0 Å². The molecule has 1 unspecified atom stereocenters. The number of carboxylic acid groups (broad SMARTS) is 1. The molecule has 3 rings (SSSR count). The molecule has 0 fully saturated rings. The zero-order valence-electron chi connectivity index (χ0n) is 16.4. The average molecular weight is 379 g/mol. The predicted octanol–water partition coefficient (Wildman–Crippen LogP) is 4.15. The van der Waals surface area contributed by atoms with E-state index in [1.807, 2.05) is 51.5 Å². The molecule has 1 aromatic carbocycles. The third kappa shape index (κ3) is 4.54. The van der Waals surface area contributed by atoms with Gasteiger partial charge in [-0.3, -0.25) is 9.48 Å². The van der Waals surface area contributed by atoms with Gasteiger partial charge in [0.1, 0.15) is 5.82 Å². The molecule has 0 amide bonds. The summed E-state index contributed by atoms with van der Waals surface area (Å²) in [6, 6.07) is 6.04. The molecule has 3 aromatic rings. The topological polar surface area (TPSA) is 92.9 Å². The van der Waals surface area contributed by atoms with E-state index >= 15 is 0 Å². The van der Waals surface area contributed by atoms with Gasteiger partial charge in [0.25, 0.3) is 0 Å². The highest BCUT2D eigenvalue weighted by molar-refractivity contribution is 5.81. The number of nitrogens with one attached hydrogen (secondary N) is 1. The first-order valence-corrected chi connectivity index (χ1v) is 9.42. The second kappa shape index (κ2) is 8.65. The van der Waals surface area contributed by atoms with Gasteiger partial charge in [-0.25, -0.2) is 9.97 Å². The van der Waals surface area contributed by atoms with E-state index in [0.717, 1.165) is 46.7 Å². The summed E-state index contributed by atoms with van der Waals surface area (Å²) in [7, 11) is 1.88. The molecule has 0 saturated carbocycles. The molecule has 0 aliphatic rings. The van der Waals surface area contributed by atoms with Gasteiger partial charge in [0, 0.05) is 36.5 Å². The van der Waals surface area contributed by atoms with Crippen LogP contribution in [-0.2, 0) is 18.3 Å². The lowest BCUT2D eigenvalue weighted by Gasteiger charge is -2.17. The molecule has 2 aromatic heterocycles.